The van der Waals surface area contributed by atoms with Crippen LogP contribution in [0, 0.1) is 0 Å². The van der Waals surface area contributed by atoms with E-state index in [1.165, 1.54) is 16.9 Å². The highest BCUT2D eigenvalue weighted by atomic mass is 35.5. The van der Waals surface area contributed by atoms with Gasteiger partial charge in [-0.3, -0.25) is 14.2 Å². The number of halogens is 1. The first-order valence-electron chi connectivity index (χ1n) is 9.76. The lowest BCUT2D eigenvalue weighted by atomic mass is 9.97. The Labute approximate surface area is 177 Å². The minimum atomic E-state index is -0.121. The summed E-state index contributed by atoms with van der Waals surface area (Å²) in [4.78, 5) is 31.6. The van der Waals surface area contributed by atoms with E-state index in [0.717, 1.165) is 29.5 Å². The molecular weight excluding hydrogens is 410 g/mol. The molecule has 0 saturated heterocycles. The van der Waals surface area contributed by atoms with Gasteiger partial charge in [-0.2, -0.15) is 0 Å². The zero-order chi connectivity index (χ0) is 20.2. The summed E-state index contributed by atoms with van der Waals surface area (Å²) in [7, 11) is 0. The van der Waals surface area contributed by atoms with Crippen LogP contribution in [-0.4, -0.2) is 28.6 Å². The molecule has 0 spiro atoms. The van der Waals surface area contributed by atoms with Gasteiger partial charge in [0.15, 0.2) is 0 Å². The molecule has 1 N–H and O–H groups in total. The van der Waals surface area contributed by atoms with Gasteiger partial charge in [-0.25, -0.2) is 4.98 Å². The Morgan fingerprint density at radius 2 is 2.03 bits per heavy atom. The summed E-state index contributed by atoms with van der Waals surface area (Å²) >= 11 is 7.47. The van der Waals surface area contributed by atoms with Crippen molar-refractivity contribution in [2.45, 2.75) is 38.6 Å². The third-order valence-electron chi connectivity index (χ3n) is 5.03. The predicted molar refractivity (Wildman–Crippen MR) is 115 cm³/mol. The summed E-state index contributed by atoms with van der Waals surface area (Å²) in [5.74, 6) is 0.581. The lowest BCUT2D eigenvalue weighted by molar-refractivity contribution is -0.121. The SMILES string of the molecule is O=C(CCn1cnc2sc3c(c2c1=O)CCCC3)NCCOc1ccc(Cl)cc1. The maximum atomic E-state index is 12.9. The van der Waals surface area contributed by atoms with Gasteiger partial charge in [0.25, 0.3) is 5.56 Å². The molecule has 0 unspecified atom stereocenters. The van der Waals surface area contributed by atoms with Crippen LogP contribution in [0.5, 0.6) is 5.75 Å². The first-order valence-corrected chi connectivity index (χ1v) is 11.0. The van der Waals surface area contributed by atoms with Crippen LogP contribution in [0.1, 0.15) is 29.7 Å². The van der Waals surface area contributed by atoms with Gasteiger partial charge in [0, 0.05) is 22.9 Å². The van der Waals surface area contributed by atoms with Crippen molar-refractivity contribution >= 4 is 39.1 Å². The Balaban J connectivity index is 1.30. The number of carbonyl (C=O) groups is 1. The number of amides is 1. The molecule has 0 fully saturated rings. The minimum Gasteiger partial charge on any atom is -0.492 e. The van der Waals surface area contributed by atoms with Gasteiger partial charge in [0.2, 0.25) is 5.91 Å². The molecule has 3 aromatic rings. The average molecular weight is 432 g/mol. The van der Waals surface area contributed by atoms with Gasteiger partial charge in [-0.1, -0.05) is 11.6 Å². The molecule has 1 aliphatic rings. The number of rotatable bonds is 7. The van der Waals surface area contributed by atoms with E-state index in [1.807, 2.05) is 0 Å². The highest BCUT2D eigenvalue weighted by Crippen LogP contribution is 2.33. The number of carbonyl (C=O) groups excluding carboxylic acids is 1. The summed E-state index contributed by atoms with van der Waals surface area (Å²) in [6, 6.07) is 7.07. The molecule has 2 aromatic heterocycles. The third kappa shape index (κ3) is 4.62. The zero-order valence-electron chi connectivity index (χ0n) is 15.9. The molecule has 8 heteroatoms. The van der Waals surface area contributed by atoms with E-state index in [2.05, 4.69) is 10.3 Å². The highest BCUT2D eigenvalue weighted by Gasteiger charge is 2.20. The Hall–Kier alpha value is -2.38. The van der Waals surface area contributed by atoms with Crippen molar-refractivity contribution in [1.29, 1.82) is 0 Å². The molecule has 0 aliphatic heterocycles. The molecule has 0 atom stereocenters. The number of ether oxygens (including phenoxy) is 1. The highest BCUT2D eigenvalue weighted by molar-refractivity contribution is 7.18. The lowest BCUT2D eigenvalue weighted by Crippen LogP contribution is -2.30. The molecular formula is C21H22ClN3O3S. The van der Waals surface area contributed by atoms with Crippen LogP contribution in [0.25, 0.3) is 10.2 Å². The zero-order valence-corrected chi connectivity index (χ0v) is 17.5. The van der Waals surface area contributed by atoms with Crippen molar-refractivity contribution in [1.82, 2.24) is 14.9 Å². The van der Waals surface area contributed by atoms with E-state index in [1.54, 1.807) is 46.5 Å². The maximum absolute atomic E-state index is 12.9. The van der Waals surface area contributed by atoms with Crippen LogP contribution >= 0.6 is 22.9 Å². The second kappa shape index (κ2) is 8.97. The minimum absolute atomic E-state index is 0.0340. The summed E-state index contributed by atoms with van der Waals surface area (Å²) in [6.45, 7) is 1.07. The van der Waals surface area contributed by atoms with Crippen molar-refractivity contribution in [2.75, 3.05) is 13.2 Å². The van der Waals surface area contributed by atoms with Crippen LogP contribution < -0.4 is 15.6 Å². The Morgan fingerprint density at radius 3 is 2.86 bits per heavy atom. The predicted octanol–water partition coefficient (Wildman–Crippen LogP) is 3.58. The number of aryl methyl sites for hydroxylation is 3. The summed E-state index contributed by atoms with van der Waals surface area (Å²) in [5, 5.41) is 4.22. The van der Waals surface area contributed by atoms with Crippen LogP contribution in [0.3, 0.4) is 0 Å². The first-order chi connectivity index (χ1) is 14.1. The molecule has 4 rings (SSSR count). The van der Waals surface area contributed by atoms with Crippen LogP contribution in [0.4, 0.5) is 0 Å². The number of benzene rings is 1. The molecule has 1 amide bonds. The summed E-state index contributed by atoms with van der Waals surface area (Å²) in [5.41, 5.74) is 1.14. The van der Waals surface area contributed by atoms with Crippen molar-refractivity contribution < 1.29 is 9.53 Å². The number of nitrogens with zero attached hydrogens (tertiary/aromatic N) is 2. The maximum Gasteiger partial charge on any atom is 0.262 e. The second-order valence-electron chi connectivity index (χ2n) is 7.04. The van der Waals surface area contributed by atoms with Crippen molar-refractivity contribution in [2.24, 2.45) is 0 Å². The van der Waals surface area contributed by atoms with Gasteiger partial charge >= 0.3 is 0 Å². The Morgan fingerprint density at radius 1 is 1.24 bits per heavy atom. The van der Waals surface area contributed by atoms with Gasteiger partial charge < -0.3 is 10.1 Å². The van der Waals surface area contributed by atoms with Crippen molar-refractivity contribution in [3.8, 4) is 5.75 Å². The standard InChI is InChI=1S/C21H22ClN3O3S/c22-14-5-7-15(8-6-14)28-12-10-23-18(26)9-11-25-13-24-20-19(21(25)27)16-3-1-2-4-17(16)29-20/h5-8,13H,1-4,9-12H2,(H,23,26). The third-order valence-corrected chi connectivity index (χ3v) is 6.48. The van der Waals surface area contributed by atoms with E-state index in [9.17, 15) is 9.59 Å². The molecule has 0 radical (unpaired) electrons. The van der Waals surface area contributed by atoms with Gasteiger partial charge in [-0.15, -0.1) is 11.3 Å². The number of aromatic nitrogens is 2. The van der Waals surface area contributed by atoms with E-state index in [-0.39, 0.29) is 17.9 Å². The molecule has 1 aromatic carbocycles. The lowest BCUT2D eigenvalue weighted by Gasteiger charge is -2.11. The van der Waals surface area contributed by atoms with Gasteiger partial charge in [0.05, 0.1) is 18.3 Å². The van der Waals surface area contributed by atoms with Crippen LogP contribution in [0.15, 0.2) is 35.4 Å². The smallest absolute Gasteiger partial charge is 0.262 e. The molecule has 2 heterocycles. The number of fused-ring (bicyclic) bond motifs is 3. The Kier molecular flexibility index (Phi) is 6.16. The van der Waals surface area contributed by atoms with E-state index < -0.39 is 0 Å². The number of hydrogen-bond donors (Lipinski definition) is 1. The van der Waals surface area contributed by atoms with E-state index in [0.29, 0.717) is 30.5 Å². The molecule has 0 saturated carbocycles. The van der Waals surface area contributed by atoms with E-state index >= 15 is 0 Å². The van der Waals surface area contributed by atoms with Crippen LogP contribution in [0.2, 0.25) is 5.02 Å². The fourth-order valence-electron chi connectivity index (χ4n) is 3.54. The molecule has 0 bridgehead atoms. The van der Waals surface area contributed by atoms with Gasteiger partial charge in [0.1, 0.15) is 17.2 Å². The largest absolute Gasteiger partial charge is 0.492 e. The number of hydrogen-bond acceptors (Lipinski definition) is 5. The fraction of sp³-hybridized carbons (Fsp3) is 0.381. The topological polar surface area (TPSA) is 73.2 Å². The molecule has 6 nitrogen and oxygen atoms in total. The number of nitrogens with one attached hydrogen (secondary N) is 1. The first kappa shape index (κ1) is 19.9. The second-order valence-corrected chi connectivity index (χ2v) is 8.56. The number of thiophene rings is 1. The molecule has 1 aliphatic carbocycles. The molecule has 152 valence electrons. The van der Waals surface area contributed by atoms with Crippen molar-refractivity contribution in [3.05, 3.63) is 56.4 Å². The summed E-state index contributed by atoms with van der Waals surface area (Å²) < 4.78 is 7.10. The quantitative estimate of drug-likeness (QED) is 0.580. The average Bonchev–Trinajstić information content (AvgIpc) is 3.11. The monoisotopic (exact) mass is 431 g/mol. The van der Waals surface area contributed by atoms with Crippen molar-refractivity contribution in [3.63, 3.8) is 0 Å². The Bertz CT molecular complexity index is 1080. The van der Waals surface area contributed by atoms with Crippen LogP contribution in [-0.2, 0) is 24.2 Å². The fourth-order valence-corrected chi connectivity index (χ4v) is 4.89. The summed E-state index contributed by atoms with van der Waals surface area (Å²) in [6.07, 6.45) is 6.06. The van der Waals surface area contributed by atoms with Gasteiger partial charge in [-0.05, 0) is 55.5 Å². The molecule has 29 heavy (non-hydrogen) atoms. The normalized spacial score (nSPS) is 13.3. The van der Waals surface area contributed by atoms with E-state index in [4.69, 9.17) is 16.3 Å².